The molecular formula is C24H31N5O7. The molecule has 5 amide bonds. The predicted molar refractivity (Wildman–Crippen MR) is 126 cm³/mol. The summed E-state index contributed by atoms with van der Waals surface area (Å²) in [6, 6.07) is 5.22. The first-order valence-electron chi connectivity index (χ1n) is 11.7. The average molecular weight is 502 g/mol. The van der Waals surface area contributed by atoms with Gasteiger partial charge in [-0.15, -0.1) is 0 Å². The average Bonchev–Trinajstić information content (AvgIpc) is 2.95. The van der Waals surface area contributed by atoms with E-state index in [2.05, 4.69) is 10.7 Å². The summed E-state index contributed by atoms with van der Waals surface area (Å²) in [7, 11) is 0. The Balaban J connectivity index is 1.75. The monoisotopic (exact) mass is 501 g/mol. The van der Waals surface area contributed by atoms with E-state index in [1.807, 2.05) is 0 Å². The van der Waals surface area contributed by atoms with Crippen LogP contribution in [-0.2, 0) is 23.9 Å². The molecule has 36 heavy (non-hydrogen) atoms. The standard InChI is InChI=1S/C24H31N5O7/c1-24(2,3)36-20(32)14-17(15-30)25-22(34)18-10-7-12-28-19(31)11-13-27(23(35)29(18)28)26-21(33)16-8-5-4-6-9-16/h4-6,8-9,15,17-18H,7,10-14H2,1-3H3,(H,25,34)(H,26,33). The van der Waals surface area contributed by atoms with Gasteiger partial charge in [-0.25, -0.2) is 19.8 Å². The first-order valence-corrected chi connectivity index (χ1v) is 11.7. The summed E-state index contributed by atoms with van der Waals surface area (Å²) < 4.78 is 5.20. The summed E-state index contributed by atoms with van der Waals surface area (Å²) >= 11 is 0. The molecule has 0 radical (unpaired) electrons. The SMILES string of the molecule is CC(C)(C)OC(=O)CC(C=O)NC(=O)C1CCCN2C(=O)CCN(NC(=O)c3ccccc3)C(=O)N12. The van der Waals surface area contributed by atoms with Gasteiger partial charge in [0.15, 0.2) is 0 Å². The third kappa shape index (κ3) is 6.58. The lowest BCUT2D eigenvalue weighted by atomic mass is 10.1. The molecule has 2 saturated heterocycles. The van der Waals surface area contributed by atoms with Gasteiger partial charge in [0, 0.05) is 18.5 Å². The number of amides is 5. The highest BCUT2D eigenvalue weighted by Gasteiger charge is 2.44. The summed E-state index contributed by atoms with van der Waals surface area (Å²) in [6.07, 6.45) is 0.655. The lowest BCUT2D eigenvalue weighted by molar-refractivity contribution is -0.156. The smallest absolute Gasteiger partial charge is 0.358 e. The van der Waals surface area contributed by atoms with Crippen LogP contribution >= 0.6 is 0 Å². The highest BCUT2D eigenvalue weighted by Crippen LogP contribution is 2.24. The number of ether oxygens (including phenoxy) is 1. The van der Waals surface area contributed by atoms with Crippen LogP contribution in [0.15, 0.2) is 30.3 Å². The van der Waals surface area contributed by atoms with Crippen LogP contribution in [0.5, 0.6) is 0 Å². The molecule has 2 aliphatic heterocycles. The number of hydrazine groups is 2. The number of urea groups is 1. The molecule has 2 N–H and O–H groups in total. The topological polar surface area (TPSA) is 145 Å². The highest BCUT2D eigenvalue weighted by atomic mass is 16.6. The molecule has 12 nitrogen and oxygen atoms in total. The van der Waals surface area contributed by atoms with Crippen molar-refractivity contribution in [1.82, 2.24) is 25.8 Å². The molecule has 2 aliphatic rings. The Morgan fingerprint density at radius 3 is 2.47 bits per heavy atom. The first-order chi connectivity index (χ1) is 17.0. The number of aldehydes is 1. The number of carbonyl (C=O) groups is 6. The number of nitrogens with zero attached hydrogens (tertiary/aromatic N) is 3. The second kappa shape index (κ2) is 11.2. The zero-order chi connectivity index (χ0) is 26.5. The van der Waals surface area contributed by atoms with E-state index in [9.17, 15) is 28.8 Å². The maximum Gasteiger partial charge on any atom is 0.358 e. The fourth-order valence-electron chi connectivity index (χ4n) is 3.97. The number of hydrogen-bond acceptors (Lipinski definition) is 7. The fourth-order valence-corrected chi connectivity index (χ4v) is 3.97. The number of fused-ring (bicyclic) bond motifs is 1. The van der Waals surface area contributed by atoms with Crippen molar-refractivity contribution in [2.75, 3.05) is 13.1 Å². The lowest BCUT2D eigenvalue weighted by Gasteiger charge is -2.43. The van der Waals surface area contributed by atoms with Crippen LogP contribution in [0.2, 0.25) is 0 Å². The molecule has 2 atom stereocenters. The van der Waals surface area contributed by atoms with Crippen LogP contribution in [-0.4, -0.2) is 81.8 Å². The zero-order valence-electron chi connectivity index (χ0n) is 20.6. The van der Waals surface area contributed by atoms with Crippen LogP contribution < -0.4 is 10.7 Å². The maximum atomic E-state index is 13.4. The molecule has 2 unspecified atom stereocenters. The Hall–Kier alpha value is -3.96. The van der Waals surface area contributed by atoms with Crippen molar-refractivity contribution in [3.8, 4) is 0 Å². The van der Waals surface area contributed by atoms with Crippen LogP contribution in [0.3, 0.4) is 0 Å². The van der Waals surface area contributed by atoms with E-state index in [0.717, 1.165) is 10.0 Å². The van der Waals surface area contributed by atoms with Gasteiger partial charge in [0.25, 0.3) is 5.91 Å². The largest absolute Gasteiger partial charge is 0.460 e. The molecule has 194 valence electrons. The quantitative estimate of drug-likeness (QED) is 0.415. The van der Waals surface area contributed by atoms with Crippen molar-refractivity contribution in [2.45, 2.75) is 64.1 Å². The van der Waals surface area contributed by atoms with E-state index < -0.39 is 41.5 Å². The summed E-state index contributed by atoms with van der Waals surface area (Å²) in [5, 5.41) is 5.71. The normalized spacial score (nSPS) is 19.1. The van der Waals surface area contributed by atoms with Gasteiger partial charge in [0.2, 0.25) is 11.8 Å². The molecule has 1 aromatic rings. The second-order valence-electron chi connectivity index (χ2n) is 9.55. The van der Waals surface area contributed by atoms with Crippen molar-refractivity contribution in [3.05, 3.63) is 35.9 Å². The van der Waals surface area contributed by atoms with E-state index in [4.69, 9.17) is 4.74 Å². The van der Waals surface area contributed by atoms with E-state index in [0.29, 0.717) is 18.3 Å². The van der Waals surface area contributed by atoms with Crippen molar-refractivity contribution in [1.29, 1.82) is 0 Å². The van der Waals surface area contributed by atoms with Gasteiger partial charge in [0.1, 0.15) is 17.9 Å². The number of esters is 1. The van der Waals surface area contributed by atoms with Crippen LogP contribution in [0.4, 0.5) is 4.79 Å². The fraction of sp³-hybridized carbons (Fsp3) is 0.500. The first kappa shape index (κ1) is 26.6. The molecule has 3 rings (SSSR count). The van der Waals surface area contributed by atoms with E-state index >= 15 is 0 Å². The van der Waals surface area contributed by atoms with Crippen molar-refractivity contribution in [2.24, 2.45) is 0 Å². The van der Waals surface area contributed by atoms with E-state index in [-0.39, 0.29) is 38.3 Å². The number of nitrogens with one attached hydrogen (secondary N) is 2. The molecule has 12 heteroatoms. The van der Waals surface area contributed by atoms with Crippen LogP contribution in [0, 0.1) is 0 Å². The van der Waals surface area contributed by atoms with E-state index in [1.165, 1.54) is 5.01 Å². The van der Waals surface area contributed by atoms with Gasteiger partial charge in [-0.05, 0) is 45.7 Å². The summed E-state index contributed by atoms with van der Waals surface area (Å²) in [6.45, 7) is 5.19. The minimum absolute atomic E-state index is 0.0543. The van der Waals surface area contributed by atoms with E-state index in [1.54, 1.807) is 51.1 Å². The van der Waals surface area contributed by atoms with Gasteiger partial charge < -0.3 is 14.8 Å². The third-order valence-corrected chi connectivity index (χ3v) is 5.54. The molecular weight excluding hydrogens is 470 g/mol. The lowest BCUT2D eigenvalue weighted by Crippen LogP contribution is -2.64. The Kier molecular flexibility index (Phi) is 8.28. The Morgan fingerprint density at radius 1 is 1.14 bits per heavy atom. The minimum atomic E-state index is -1.17. The Morgan fingerprint density at radius 2 is 1.83 bits per heavy atom. The summed E-state index contributed by atoms with van der Waals surface area (Å²) in [5.74, 6) is -2.28. The van der Waals surface area contributed by atoms with Crippen molar-refractivity contribution >= 4 is 36.0 Å². The number of benzene rings is 1. The second-order valence-corrected chi connectivity index (χ2v) is 9.55. The number of carbonyl (C=O) groups excluding carboxylic acids is 6. The molecule has 1 aromatic carbocycles. The summed E-state index contributed by atoms with van der Waals surface area (Å²) in [4.78, 5) is 75.6. The number of rotatable bonds is 7. The maximum absolute atomic E-state index is 13.4. The van der Waals surface area contributed by atoms with Crippen LogP contribution in [0.1, 0.15) is 56.8 Å². The molecule has 0 aromatic heterocycles. The molecule has 0 spiro atoms. The van der Waals surface area contributed by atoms with Crippen LogP contribution in [0.25, 0.3) is 0 Å². The third-order valence-electron chi connectivity index (χ3n) is 5.54. The molecule has 0 aliphatic carbocycles. The predicted octanol–water partition coefficient (Wildman–Crippen LogP) is 0.781. The van der Waals surface area contributed by atoms with Gasteiger partial charge in [-0.2, -0.15) is 0 Å². The van der Waals surface area contributed by atoms with Crippen molar-refractivity contribution < 1.29 is 33.5 Å². The number of hydrogen-bond donors (Lipinski definition) is 2. The zero-order valence-corrected chi connectivity index (χ0v) is 20.6. The molecule has 2 heterocycles. The molecule has 0 bridgehead atoms. The highest BCUT2D eigenvalue weighted by molar-refractivity contribution is 5.97. The van der Waals surface area contributed by atoms with Gasteiger partial charge in [-0.3, -0.25) is 24.6 Å². The Labute approximate surface area is 208 Å². The molecule has 0 saturated carbocycles. The van der Waals surface area contributed by atoms with Gasteiger partial charge >= 0.3 is 12.0 Å². The van der Waals surface area contributed by atoms with Crippen molar-refractivity contribution in [3.63, 3.8) is 0 Å². The van der Waals surface area contributed by atoms with Gasteiger partial charge in [-0.1, -0.05) is 18.2 Å². The van der Waals surface area contributed by atoms with Gasteiger partial charge in [0.05, 0.1) is 19.0 Å². The Bertz CT molecular complexity index is 1020. The molecule has 2 fully saturated rings. The minimum Gasteiger partial charge on any atom is -0.460 e. The summed E-state index contributed by atoms with van der Waals surface area (Å²) in [5.41, 5.74) is 2.07.